The smallest absolute Gasteiger partial charge is 0.224 e. The second-order valence-electron chi connectivity index (χ2n) is 7.64. The molecule has 28 heavy (non-hydrogen) atoms. The van der Waals surface area contributed by atoms with Gasteiger partial charge in [-0.25, -0.2) is 14.4 Å². The summed E-state index contributed by atoms with van der Waals surface area (Å²) in [7, 11) is 0. The van der Waals surface area contributed by atoms with E-state index in [4.69, 9.17) is 0 Å². The summed E-state index contributed by atoms with van der Waals surface area (Å²) in [5.41, 5.74) is 2.81. The summed E-state index contributed by atoms with van der Waals surface area (Å²) in [4.78, 5) is 16.7. The van der Waals surface area contributed by atoms with Crippen LogP contribution in [0.5, 0.6) is 0 Å². The molecule has 0 spiro atoms. The minimum Gasteiger partial charge on any atom is -0.351 e. The number of H-pyrrole nitrogens is 1. The van der Waals surface area contributed by atoms with Gasteiger partial charge in [0.2, 0.25) is 5.95 Å². The highest BCUT2D eigenvalue weighted by Gasteiger charge is 2.31. The fraction of sp³-hybridized carbons (Fsp3) is 0.381. The van der Waals surface area contributed by atoms with E-state index in [-0.39, 0.29) is 6.54 Å². The molecule has 0 atom stereocenters. The van der Waals surface area contributed by atoms with E-state index in [1.807, 2.05) is 19.3 Å². The van der Waals surface area contributed by atoms with Crippen molar-refractivity contribution in [3.63, 3.8) is 0 Å². The molecule has 0 saturated heterocycles. The first-order valence-corrected chi connectivity index (χ1v) is 10.6. The standard InChI is InChI=1S/C21H22FN5S/c1-13-26-17-6-5-14(9-18(17)28-13)15-10-23-19-16(15)11-24-20(27-19)25-12-21(22)7-3-2-4-8-21/h5-6,9-11H,2-4,7-8,12H2,1H3,(H2,23,24,25,27). The average Bonchev–Trinajstić information content (AvgIpc) is 3.28. The van der Waals surface area contributed by atoms with Gasteiger partial charge in [-0.05, 0) is 37.5 Å². The van der Waals surface area contributed by atoms with E-state index in [2.05, 4.69) is 43.5 Å². The Hall–Kier alpha value is -2.54. The van der Waals surface area contributed by atoms with Gasteiger partial charge < -0.3 is 10.3 Å². The number of thiazole rings is 1. The highest BCUT2D eigenvalue weighted by atomic mass is 32.1. The van der Waals surface area contributed by atoms with E-state index in [1.165, 1.54) is 4.70 Å². The van der Waals surface area contributed by atoms with E-state index < -0.39 is 5.67 Å². The monoisotopic (exact) mass is 395 g/mol. The summed E-state index contributed by atoms with van der Waals surface area (Å²) in [6.45, 7) is 2.29. The zero-order valence-electron chi connectivity index (χ0n) is 15.8. The largest absolute Gasteiger partial charge is 0.351 e. The van der Waals surface area contributed by atoms with Crippen molar-refractivity contribution in [2.75, 3.05) is 11.9 Å². The minimum atomic E-state index is -1.14. The maximum absolute atomic E-state index is 14.8. The van der Waals surface area contributed by atoms with E-state index in [9.17, 15) is 4.39 Å². The van der Waals surface area contributed by atoms with Crippen LogP contribution in [0, 0.1) is 6.92 Å². The predicted molar refractivity (Wildman–Crippen MR) is 113 cm³/mol. The number of rotatable bonds is 4. The number of benzene rings is 1. The zero-order chi connectivity index (χ0) is 19.1. The van der Waals surface area contributed by atoms with E-state index in [0.717, 1.165) is 51.9 Å². The number of fused-ring (bicyclic) bond motifs is 2. The van der Waals surface area contributed by atoms with Crippen LogP contribution in [0.15, 0.2) is 30.6 Å². The maximum Gasteiger partial charge on any atom is 0.224 e. The third-order valence-electron chi connectivity index (χ3n) is 5.55. The maximum atomic E-state index is 14.8. The van der Waals surface area contributed by atoms with Crippen LogP contribution in [0.4, 0.5) is 10.3 Å². The third-order valence-corrected chi connectivity index (χ3v) is 6.49. The van der Waals surface area contributed by atoms with Gasteiger partial charge >= 0.3 is 0 Å². The Kier molecular flexibility index (Phi) is 4.27. The number of nitrogens with zero attached hydrogens (tertiary/aromatic N) is 3. The Bertz CT molecular complexity index is 1140. The molecule has 0 bridgehead atoms. The number of hydrogen-bond donors (Lipinski definition) is 2. The Morgan fingerprint density at radius 3 is 2.93 bits per heavy atom. The van der Waals surface area contributed by atoms with Crippen LogP contribution < -0.4 is 5.32 Å². The summed E-state index contributed by atoms with van der Waals surface area (Å²) in [6, 6.07) is 6.28. The summed E-state index contributed by atoms with van der Waals surface area (Å²) in [6.07, 6.45) is 8.05. The van der Waals surface area contributed by atoms with Crippen LogP contribution in [0.2, 0.25) is 0 Å². The van der Waals surface area contributed by atoms with Gasteiger partial charge in [0.1, 0.15) is 11.3 Å². The van der Waals surface area contributed by atoms with Gasteiger partial charge in [0.25, 0.3) is 0 Å². The van der Waals surface area contributed by atoms with Gasteiger partial charge in [0.15, 0.2) is 0 Å². The summed E-state index contributed by atoms with van der Waals surface area (Å²) in [5, 5.41) is 5.12. The van der Waals surface area contributed by atoms with Crippen molar-refractivity contribution < 1.29 is 4.39 Å². The quantitative estimate of drug-likeness (QED) is 0.470. The minimum absolute atomic E-state index is 0.271. The average molecular weight is 396 g/mol. The van der Waals surface area contributed by atoms with E-state index in [1.54, 1.807) is 11.3 Å². The molecule has 4 aromatic rings. The molecule has 3 aromatic heterocycles. The fourth-order valence-electron chi connectivity index (χ4n) is 4.04. The molecule has 5 nitrogen and oxygen atoms in total. The van der Waals surface area contributed by atoms with Crippen molar-refractivity contribution >= 4 is 38.5 Å². The molecule has 144 valence electrons. The number of hydrogen-bond acceptors (Lipinski definition) is 5. The Morgan fingerprint density at radius 1 is 1.21 bits per heavy atom. The molecule has 2 N–H and O–H groups in total. The number of aromatic amines is 1. The lowest BCUT2D eigenvalue weighted by Crippen LogP contribution is -2.34. The van der Waals surface area contributed by atoms with Gasteiger partial charge in [-0.2, -0.15) is 4.98 Å². The molecule has 0 radical (unpaired) electrons. The predicted octanol–water partition coefficient (Wildman–Crippen LogP) is 5.63. The van der Waals surface area contributed by atoms with Crippen molar-refractivity contribution in [1.29, 1.82) is 0 Å². The molecule has 3 heterocycles. The third kappa shape index (κ3) is 3.24. The first-order chi connectivity index (χ1) is 13.6. The molecule has 0 unspecified atom stereocenters. The SMILES string of the molecule is Cc1nc2ccc(-c3c[nH]c4nc(NCC5(F)CCCCC5)ncc34)cc2s1. The summed E-state index contributed by atoms with van der Waals surface area (Å²) >= 11 is 1.69. The van der Waals surface area contributed by atoms with Crippen molar-refractivity contribution in [3.8, 4) is 11.1 Å². The van der Waals surface area contributed by atoms with Crippen LogP contribution in [0.3, 0.4) is 0 Å². The summed E-state index contributed by atoms with van der Waals surface area (Å²) in [5.74, 6) is 0.469. The Labute approximate surface area is 166 Å². The molecular weight excluding hydrogens is 373 g/mol. The molecule has 0 aliphatic heterocycles. The molecular formula is C21H22FN5S. The second-order valence-corrected chi connectivity index (χ2v) is 8.87. The zero-order valence-corrected chi connectivity index (χ0v) is 16.6. The highest BCUT2D eigenvalue weighted by molar-refractivity contribution is 7.18. The highest BCUT2D eigenvalue weighted by Crippen LogP contribution is 2.33. The van der Waals surface area contributed by atoms with Gasteiger partial charge in [-0.3, -0.25) is 0 Å². The van der Waals surface area contributed by atoms with Gasteiger partial charge in [-0.1, -0.05) is 25.3 Å². The number of anilines is 1. The van der Waals surface area contributed by atoms with E-state index >= 15 is 0 Å². The molecule has 1 aromatic carbocycles. The lowest BCUT2D eigenvalue weighted by molar-refractivity contribution is 0.122. The molecule has 1 aliphatic carbocycles. The molecule has 0 amide bonds. The number of alkyl halides is 1. The molecule has 1 fully saturated rings. The van der Waals surface area contributed by atoms with Crippen LogP contribution in [0.25, 0.3) is 32.4 Å². The number of aryl methyl sites for hydroxylation is 1. The van der Waals surface area contributed by atoms with Crippen molar-refractivity contribution in [3.05, 3.63) is 35.6 Å². The first kappa shape index (κ1) is 17.6. The van der Waals surface area contributed by atoms with Gasteiger partial charge in [0.05, 0.1) is 21.8 Å². The topological polar surface area (TPSA) is 66.5 Å². The Morgan fingerprint density at radius 2 is 2.07 bits per heavy atom. The number of nitrogens with one attached hydrogen (secondary N) is 2. The molecule has 1 saturated carbocycles. The van der Waals surface area contributed by atoms with Crippen LogP contribution >= 0.6 is 11.3 Å². The van der Waals surface area contributed by atoms with Gasteiger partial charge in [0, 0.05) is 23.3 Å². The van der Waals surface area contributed by atoms with Crippen molar-refractivity contribution in [1.82, 2.24) is 19.9 Å². The lowest BCUT2D eigenvalue weighted by Gasteiger charge is -2.29. The van der Waals surface area contributed by atoms with Crippen LogP contribution in [-0.4, -0.2) is 32.1 Å². The molecule has 5 rings (SSSR count). The van der Waals surface area contributed by atoms with Gasteiger partial charge in [-0.15, -0.1) is 11.3 Å². The summed E-state index contributed by atoms with van der Waals surface area (Å²) < 4.78 is 16.0. The van der Waals surface area contributed by atoms with Crippen molar-refractivity contribution in [2.24, 2.45) is 0 Å². The second kappa shape index (κ2) is 6.81. The van der Waals surface area contributed by atoms with Crippen LogP contribution in [-0.2, 0) is 0 Å². The Balaban J connectivity index is 1.41. The lowest BCUT2D eigenvalue weighted by atomic mass is 9.86. The first-order valence-electron chi connectivity index (χ1n) is 9.74. The van der Waals surface area contributed by atoms with E-state index in [0.29, 0.717) is 18.8 Å². The fourth-order valence-corrected chi connectivity index (χ4v) is 4.90. The molecule has 1 aliphatic rings. The molecule has 7 heteroatoms. The van der Waals surface area contributed by atoms with Crippen LogP contribution in [0.1, 0.15) is 37.1 Å². The number of aromatic nitrogens is 4. The number of halogens is 1. The van der Waals surface area contributed by atoms with Crippen molar-refractivity contribution in [2.45, 2.75) is 44.7 Å². The normalized spacial score (nSPS) is 16.6.